The van der Waals surface area contributed by atoms with Gasteiger partial charge in [-0.3, -0.25) is 4.79 Å². The Morgan fingerprint density at radius 1 is 1.25 bits per heavy atom. The lowest BCUT2D eigenvalue weighted by atomic mass is 9.77. The fourth-order valence-corrected chi connectivity index (χ4v) is 2.68. The van der Waals surface area contributed by atoms with Crippen LogP contribution < -0.4 is 5.32 Å². The van der Waals surface area contributed by atoms with E-state index in [9.17, 15) is 9.18 Å². The minimum atomic E-state index is -0.431. The third kappa shape index (κ3) is 2.20. The number of aryl methyl sites for hydroxylation is 1. The maximum absolute atomic E-state index is 13.9. The number of benzene rings is 2. The minimum Gasteiger partial charge on any atom is -0.351 e. The highest BCUT2D eigenvalue weighted by Crippen LogP contribution is 2.34. The Kier molecular flexibility index (Phi) is 3.26. The Morgan fingerprint density at radius 3 is 2.85 bits per heavy atom. The predicted octanol–water partition coefficient (Wildman–Crippen LogP) is 3.20. The van der Waals surface area contributed by atoms with Gasteiger partial charge in [0.25, 0.3) is 5.91 Å². The molecule has 0 bridgehead atoms. The molecule has 1 unspecified atom stereocenters. The summed E-state index contributed by atoms with van der Waals surface area (Å²) in [7, 11) is 0. The summed E-state index contributed by atoms with van der Waals surface area (Å²) < 4.78 is 13.9. The van der Waals surface area contributed by atoms with Crippen LogP contribution in [0.2, 0.25) is 0 Å². The molecule has 20 heavy (non-hydrogen) atoms. The Hall–Kier alpha value is -2.16. The molecule has 1 aliphatic carbocycles. The largest absolute Gasteiger partial charge is 0.351 e. The van der Waals surface area contributed by atoms with Crippen molar-refractivity contribution in [2.24, 2.45) is 0 Å². The average Bonchev–Trinajstić information content (AvgIpc) is 2.42. The molecule has 1 amide bonds. The molecule has 0 saturated heterocycles. The highest BCUT2D eigenvalue weighted by Gasteiger charge is 2.26. The van der Waals surface area contributed by atoms with E-state index < -0.39 is 5.82 Å². The van der Waals surface area contributed by atoms with Crippen molar-refractivity contribution in [1.82, 2.24) is 5.32 Å². The van der Waals surface area contributed by atoms with E-state index in [1.807, 2.05) is 12.1 Å². The second-order valence-corrected chi connectivity index (χ2v) is 5.25. The highest BCUT2D eigenvalue weighted by atomic mass is 19.1. The molecule has 2 aromatic rings. The van der Waals surface area contributed by atoms with Gasteiger partial charge in [0.2, 0.25) is 0 Å². The van der Waals surface area contributed by atoms with E-state index in [2.05, 4.69) is 17.4 Å². The SMILES string of the molecule is Cc1cccc(C(=O)NCC2Cc3ccccc32)c1F. The molecular formula is C17H16FNO. The first-order valence-corrected chi connectivity index (χ1v) is 6.78. The van der Waals surface area contributed by atoms with Gasteiger partial charge in [0.1, 0.15) is 5.82 Å². The van der Waals surface area contributed by atoms with Crippen LogP contribution in [0.3, 0.4) is 0 Å². The van der Waals surface area contributed by atoms with Gasteiger partial charge < -0.3 is 5.32 Å². The second-order valence-electron chi connectivity index (χ2n) is 5.25. The van der Waals surface area contributed by atoms with Gasteiger partial charge in [-0.15, -0.1) is 0 Å². The molecule has 0 radical (unpaired) electrons. The summed E-state index contributed by atoms with van der Waals surface area (Å²) in [4.78, 5) is 12.0. The van der Waals surface area contributed by atoms with Crippen molar-refractivity contribution in [3.63, 3.8) is 0 Å². The standard InChI is InChI=1S/C17H16FNO/c1-11-5-4-8-15(16(11)18)17(20)19-10-13-9-12-6-2-3-7-14(12)13/h2-8,13H,9-10H2,1H3,(H,19,20). The molecule has 1 N–H and O–H groups in total. The summed E-state index contributed by atoms with van der Waals surface area (Å²) in [5.41, 5.74) is 3.25. The first kappa shape index (κ1) is 12.9. The maximum atomic E-state index is 13.9. The number of nitrogens with one attached hydrogen (secondary N) is 1. The van der Waals surface area contributed by atoms with Crippen LogP contribution in [0.5, 0.6) is 0 Å². The third-order valence-electron chi connectivity index (χ3n) is 3.91. The van der Waals surface area contributed by atoms with Gasteiger partial charge in [-0.05, 0) is 36.1 Å². The average molecular weight is 269 g/mol. The van der Waals surface area contributed by atoms with Crippen molar-refractivity contribution in [3.05, 3.63) is 70.5 Å². The molecule has 3 heteroatoms. The van der Waals surface area contributed by atoms with Crippen molar-refractivity contribution in [3.8, 4) is 0 Å². The molecular weight excluding hydrogens is 253 g/mol. The molecule has 0 saturated carbocycles. The fourth-order valence-electron chi connectivity index (χ4n) is 2.68. The van der Waals surface area contributed by atoms with Gasteiger partial charge in [-0.1, -0.05) is 36.4 Å². The molecule has 0 aromatic heterocycles. The van der Waals surface area contributed by atoms with Crippen LogP contribution in [0, 0.1) is 12.7 Å². The van der Waals surface area contributed by atoms with E-state index in [1.165, 1.54) is 17.2 Å². The van der Waals surface area contributed by atoms with Gasteiger partial charge in [-0.2, -0.15) is 0 Å². The zero-order valence-corrected chi connectivity index (χ0v) is 11.3. The van der Waals surface area contributed by atoms with E-state index in [0.29, 0.717) is 18.0 Å². The number of rotatable bonds is 3. The fraction of sp³-hybridized carbons (Fsp3) is 0.235. The van der Waals surface area contributed by atoms with E-state index in [1.54, 1.807) is 19.1 Å². The molecule has 0 aliphatic heterocycles. The van der Waals surface area contributed by atoms with Crippen molar-refractivity contribution < 1.29 is 9.18 Å². The maximum Gasteiger partial charge on any atom is 0.254 e. The second kappa shape index (κ2) is 5.08. The first-order chi connectivity index (χ1) is 9.66. The molecule has 0 heterocycles. The van der Waals surface area contributed by atoms with E-state index in [0.717, 1.165) is 6.42 Å². The molecule has 0 fully saturated rings. The van der Waals surface area contributed by atoms with Crippen molar-refractivity contribution in [2.45, 2.75) is 19.3 Å². The van der Waals surface area contributed by atoms with Crippen molar-refractivity contribution in [2.75, 3.05) is 6.54 Å². The van der Waals surface area contributed by atoms with Crippen LogP contribution in [0.15, 0.2) is 42.5 Å². The van der Waals surface area contributed by atoms with Gasteiger partial charge in [0.05, 0.1) is 5.56 Å². The van der Waals surface area contributed by atoms with Crippen molar-refractivity contribution in [1.29, 1.82) is 0 Å². The minimum absolute atomic E-state index is 0.123. The number of fused-ring (bicyclic) bond motifs is 1. The van der Waals surface area contributed by atoms with E-state index in [-0.39, 0.29) is 11.5 Å². The number of carbonyl (C=O) groups is 1. The van der Waals surface area contributed by atoms with E-state index >= 15 is 0 Å². The summed E-state index contributed by atoms with van der Waals surface area (Å²) in [6.07, 6.45) is 0.979. The number of halogens is 1. The molecule has 2 aromatic carbocycles. The van der Waals surface area contributed by atoms with Crippen LogP contribution in [0.25, 0.3) is 0 Å². The number of carbonyl (C=O) groups excluding carboxylic acids is 1. The molecule has 102 valence electrons. The van der Waals surface area contributed by atoms with Crippen LogP contribution in [0.1, 0.15) is 33.0 Å². The Balaban J connectivity index is 1.65. The van der Waals surface area contributed by atoms with E-state index in [4.69, 9.17) is 0 Å². The molecule has 0 spiro atoms. The zero-order valence-electron chi connectivity index (χ0n) is 11.3. The summed E-state index contributed by atoms with van der Waals surface area (Å²) in [5, 5.41) is 2.83. The topological polar surface area (TPSA) is 29.1 Å². The van der Waals surface area contributed by atoms with Gasteiger partial charge in [-0.25, -0.2) is 4.39 Å². The van der Waals surface area contributed by atoms with Crippen LogP contribution in [-0.4, -0.2) is 12.5 Å². The Labute approximate surface area is 117 Å². The number of hydrogen-bond donors (Lipinski definition) is 1. The Morgan fingerprint density at radius 2 is 2.05 bits per heavy atom. The molecule has 2 nitrogen and oxygen atoms in total. The summed E-state index contributed by atoms with van der Waals surface area (Å²) in [6, 6.07) is 13.1. The molecule has 3 rings (SSSR count). The third-order valence-corrected chi connectivity index (χ3v) is 3.91. The normalized spacial score (nSPS) is 16.2. The summed E-state index contributed by atoms with van der Waals surface area (Å²) in [6.45, 7) is 2.22. The Bertz CT molecular complexity index is 666. The monoisotopic (exact) mass is 269 g/mol. The lowest BCUT2D eigenvalue weighted by molar-refractivity contribution is 0.0946. The van der Waals surface area contributed by atoms with Crippen LogP contribution in [-0.2, 0) is 6.42 Å². The summed E-state index contributed by atoms with van der Waals surface area (Å²) in [5.74, 6) is -0.419. The van der Waals surface area contributed by atoms with Crippen LogP contribution >= 0.6 is 0 Å². The van der Waals surface area contributed by atoms with Gasteiger partial charge in [0.15, 0.2) is 0 Å². The van der Waals surface area contributed by atoms with Gasteiger partial charge >= 0.3 is 0 Å². The molecule has 1 aliphatic rings. The zero-order chi connectivity index (χ0) is 14.1. The lowest BCUT2D eigenvalue weighted by Gasteiger charge is -2.30. The quantitative estimate of drug-likeness (QED) is 0.911. The number of hydrogen-bond acceptors (Lipinski definition) is 1. The predicted molar refractivity (Wildman–Crippen MR) is 76.4 cm³/mol. The number of amides is 1. The summed E-state index contributed by atoms with van der Waals surface area (Å²) >= 11 is 0. The molecule has 1 atom stereocenters. The van der Waals surface area contributed by atoms with Gasteiger partial charge in [0, 0.05) is 12.5 Å². The van der Waals surface area contributed by atoms with Crippen molar-refractivity contribution >= 4 is 5.91 Å². The first-order valence-electron chi connectivity index (χ1n) is 6.78. The highest BCUT2D eigenvalue weighted by molar-refractivity contribution is 5.94. The van der Waals surface area contributed by atoms with Crippen LogP contribution in [0.4, 0.5) is 4.39 Å². The smallest absolute Gasteiger partial charge is 0.254 e. The lowest BCUT2D eigenvalue weighted by Crippen LogP contribution is -2.33.